The summed E-state index contributed by atoms with van der Waals surface area (Å²) in [5.41, 5.74) is 0.148. The summed E-state index contributed by atoms with van der Waals surface area (Å²) in [5.74, 6) is -0.0576. The van der Waals surface area contributed by atoms with E-state index in [1.165, 1.54) is 16.4 Å². The predicted octanol–water partition coefficient (Wildman–Crippen LogP) is 0.511. The first-order valence-corrected chi connectivity index (χ1v) is 9.43. The van der Waals surface area contributed by atoms with Gasteiger partial charge in [-0.15, -0.1) is 0 Å². The monoisotopic (exact) mass is 352 g/mol. The Kier molecular flexibility index (Phi) is 4.98. The Balaban J connectivity index is 1.69. The molecule has 1 unspecified atom stereocenters. The minimum atomic E-state index is -3.74. The summed E-state index contributed by atoms with van der Waals surface area (Å²) in [4.78, 5) is 25.1. The van der Waals surface area contributed by atoms with Gasteiger partial charge in [-0.25, -0.2) is 8.42 Å². The fourth-order valence-electron chi connectivity index (χ4n) is 3.08. The number of rotatable bonds is 4. The van der Waals surface area contributed by atoms with Gasteiger partial charge in [0.1, 0.15) is 6.10 Å². The van der Waals surface area contributed by atoms with Crippen molar-refractivity contribution in [2.45, 2.75) is 23.8 Å². The molecule has 8 heteroatoms. The van der Waals surface area contributed by atoms with Gasteiger partial charge >= 0.3 is 0 Å². The van der Waals surface area contributed by atoms with E-state index in [1.54, 1.807) is 17.0 Å². The molecule has 0 saturated carbocycles. The largest absolute Gasteiger partial charge is 0.368 e. The zero-order valence-corrected chi connectivity index (χ0v) is 14.1. The molecule has 0 aromatic heterocycles. The molecule has 2 aliphatic rings. The summed E-state index contributed by atoms with van der Waals surface area (Å²) < 4.78 is 32.2. The van der Waals surface area contributed by atoms with E-state index in [0.29, 0.717) is 26.0 Å². The average molecular weight is 352 g/mol. The van der Waals surface area contributed by atoms with E-state index in [0.717, 1.165) is 12.8 Å². The smallest absolute Gasteiger partial charge is 0.251 e. The molecule has 1 aromatic rings. The molecule has 1 atom stereocenters. The summed E-state index contributed by atoms with van der Waals surface area (Å²) >= 11 is 0. The first kappa shape index (κ1) is 17.1. The minimum absolute atomic E-state index is 0.0129. The van der Waals surface area contributed by atoms with E-state index in [2.05, 4.69) is 0 Å². The molecule has 1 aromatic carbocycles. The maximum absolute atomic E-state index is 12.7. The number of ether oxygens (including phenoxy) is 1. The standard InChI is InChI=1S/C16H20N2O5S/c19-12-13-4-1-2-6-15(13)24(21,22)18-9-7-17(8-10-18)16(20)14-5-3-11-23-14/h1-2,4,6,12,14H,3,5,7-11H2. The Morgan fingerprint density at radius 1 is 1.17 bits per heavy atom. The molecule has 7 nitrogen and oxygen atoms in total. The normalized spacial score (nSPS) is 22.5. The van der Waals surface area contributed by atoms with Crippen LogP contribution in [0.15, 0.2) is 29.2 Å². The number of sulfonamides is 1. The number of hydrogen-bond acceptors (Lipinski definition) is 5. The van der Waals surface area contributed by atoms with Crippen LogP contribution < -0.4 is 0 Å². The van der Waals surface area contributed by atoms with Gasteiger partial charge in [0.2, 0.25) is 10.0 Å². The molecule has 3 rings (SSSR count). The molecule has 2 aliphatic heterocycles. The number of benzene rings is 1. The highest BCUT2D eigenvalue weighted by molar-refractivity contribution is 7.89. The highest BCUT2D eigenvalue weighted by Gasteiger charge is 2.34. The Labute approximate surface area is 141 Å². The lowest BCUT2D eigenvalue weighted by atomic mass is 10.2. The minimum Gasteiger partial charge on any atom is -0.368 e. The predicted molar refractivity (Wildman–Crippen MR) is 86.1 cm³/mol. The number of aldehydes is 1. The number of amides is 1. The summed E-state index contributed by atoms with van der Waals surface area (Å²) in [6, 6.07) is 6.14. The van der Waals surface area contributed by atoms with Gasteiger partial charge in [0.25, 0.3) is 5.91 Å². The molecule has 0 radical (unpaired) electrons. The zero-order valence-electron chi connectivity index (χ0n) is 13.3. The number of piperazine rings is 1. The first-order valence-electron chi connectivity index (χ1n) is 7.99. The van der Waals surface area contributed by atoms with Gasteiger partial charge < -0.3 is 9.64 Å². The third-order valence-corrected chi connectivity index (χ3v) is 6.39. The fourth-order valence-corrected chi connectivity index (χ4v) is 4.66. The van der Waals surface area contributed by atoms with Crippen LogP contribution in [0.2, 0.25) is 0 Å². The van der Waals surface area contributed by atoms with Gasteiger partial charge in [0.15, 0.2) is 6.29 Å². The second-order valence-corrected chi connectivity index (χ2v) is 7.79. The van der Waals surface area contributed by atoms with E-state index in [1.807, 2.05) is 0 Å². The molecule has 0 aliphatic carbocycles. The van der Waals surface area contributed by atoms with Crippen molar-refractivity contribution in [3.05, 3.63) is 29.8 Å². The van der Waals surface area contributed by atoms with Crippen molar-refractivity contribution < 1.29 is 22.7 Å². The molecule has 0 spiro atoms. The van der Waals surface area contributed by atoms with Crippen LogP contribution in [0.1, 0.15) is 23.2 Å². The van der Waals surface area contributed by atoms with E-state index < -0.39 is 10.0 Å². The lowest BCUT2D eigenvalue weighted by Gasteiger charge is -2.35. The van der Waals surface area contributed by atoms with Gasteiger partial charge in [-0.1, -0.05) is 18.2 Å². The van der Waals surface area contributed by atoms with Crippen LogP contribution in [0.25, 0.3) is 0 Å². The van der Waals surface area contributed by atoms with E-state index in [-0.39, 0.29) is 35.6 Å². The molecular formula is C16H20N2O5S. The first-order chi connectivity index (χ1) is 11.5. The van der Waals surface area contributed by atoms with Crippen molar-refractivity contribution in [1.29, 1.82) is 0 Å². The zero-order chi connectivity index (χ0) is 17.2. The van der Waals surface area contributed by atoms with Crippen molar-refractivity contribution in [2.24, 2.45) is 0 Å². The van der Waals surface area contributed by atoms with Crippen LogP contribution in [0.4, 0.5) is 0 Å². The second-order valence-electron chi connectivity index (χ2n) is 5.89. The van der Waals surface area contributed by atoms with Crippen molar-refractivity contribution in [3.8, 4) is 0 Å². The van der Waals surface area contributed by atoms with E-state index >= 15 is 0 Å². The summed E-state index contributed by atoms with van der Waals surface area (Å²) in [6.07, 6.45) is 1.77. The molecule has 0 N–H and O–H groups in total. The van der Waals surface area contributed by atoms with Gasteiger partial charge in [0.05, 0.1) is 4.90 Å². The SMILES string of the molecule is O=Cc1ccccc1S(=O)(=O)N1CCN(C(=O)C2CCCO2)CC1. The van der Waals surface area contributed by atoms with Crippen molar-refractivity contribution in [2.75, 3.05) is 32.8 Å². The number of carbonyl (C=O) groups excluding carboxylic acids is 2. The number of hydrogen-bond donors (Lipinski definition) is 0. The molecule has 2 saturated heterocycles. The third-order valence-electron chi connectivity index (χ3n) is 4.42. The van der Waals surface area contributed by atoms with Gasteiger partial charge in [-0.3, -0.25) is 9.59 Å². The lowest BCUT2D eigenvalue weighted by Crippen LogP contribution is -2.52. The van der Waals surface area contributed by atoms with Gasteiger partial charge in [0, 0.05) is 38.3 Å². The molecule has 24 heavy (non-hydrogen) atoms. The van der Waals surface area contributed by atoms with Crippen LogP contribution in [-0.2, 0) is 19.6 Å². The molecule has 0 bridgehead atoms. The number of nitrogens with zero attached hydrogens (tertiary/aromatic N) is 2. The maximum Gasteiger partial charge on any atom is 0.251 e. The summed E-state index contributed by atoms with van der Waals surface area (Å²) in [7, 11) is -3.74. The van der Waals surface area contributed by atoms with Crippen LogP contribution in [0.5, 0.6) is 0 Å². The average Bonchev–Trinajstić information content (AvgIpc) is 3.15. The molecule has 130 valence electrons. The van der Waals surface area contributed by atoms with Crippen molar-refractivity contribution in [3.63, 3.8) is 0 Å². The number of carbonyl (C=O) groups is 2. The third kappa shape index (κ3) is 3.22. The van der Waals surface area contributed by atoms with Crippen LogP contribution in [0.3, 0.4) is 0 Å². The Morgan fingerprint density at radius 3 is 2.50 bits per heavy atom. The highest BCUT2D eigenvalue weighted by atomic mass is 32.2. The maximum atomic E-state index is 12.7. The molecule has 1 amide bonds. The molecule has 2 heterocycles. The summed E-state index contributed by atoms with van der Waals surface area (Å²) in [6.45, 7) is 1.71. The second kappa shape index (κ2) is 7.00. The van der Waals surface area contributed by atoms with E-state index in [4.69, 9.17) is 4.74 Å². The lowest BCUT2D eigenvalue weighted by molar-refractivity contribution is -0.142. The van der Waals surface area contributed by atoms with Crippen molar-refractivity contribution >= 4 is 22.2 Å². The Morgan fingerprint density at radius 2 is 1.88 bits per heavy atom. The summed E-state index contributed by atoms with van der Waals surface area (Å²) in [5, 5.41) is 0. The quantitative estimate of drug-likeness (QED) is 0.737. The Hall–Kier alpha value is -1.77. The topological polar surface area (TPSA) is 84.0 Å². The van der Waals surface area contributed by atoms with Crippen molar-refractivity contribution in [1.82, 2.24) is 9.21 Å². The van der Waals surface area contributed by atoms with E-state index in [9.17, 15) is 18.0 Å². The highest BCUT2D eigenvalue weighted by Crippen LogP contribution is 2.22. The fraction of sp³-hybridized carbons (Fsp3) is 0.500. The van der Waals surface area contributed by atoms with Crippen LogP contribution in [0, 0.1) is 0 Å². The molecule has 2 fully saturated rings. The Bertz CT molecular complexity index is 720. The van der Waals surface area contributed by atoms with Gasteiger partial charge in [-0.2, -0.15) is 4.31 Å². The van der Waals surface area contributed by atoms with Crippen LogP contribution in [-0.4, -0.2) is 68.7 Å². The van der Waals surface area contributed by atoms with Gasteiger partial charge in [-0.05, 0) is 18.9 Å². The molecular weight excluding hydrogens is 332 g/mol. The van der Waals surface area contributed by atoms with Crippen LogP contribution >= 0.6 is 0 Å².